The van der Waals surface area contributed by atoms with Crippen molar-refractivity contribution in [2.75, 3.05) is 7.11 Å². The molecule has 3 aromatic carbocycles. The summed E-state index contributed by atoms with van der Waals surface area (Å²) in [6.07, 6.45) is 8.05. The Morgan fingerprint density at radius 1 is 0.741 bits per heavy atom. The van der Waals surface area contributed by atoms with Crippen LogP contribution in [0.4, 0.5) is 5.69 Å². The summed E-state index contributed by atoms with van der Waals surface area (Å²) in [5, 5.41) is 10.7. The van der Waals surface area contributed by atoms with E-state index in [-0.39, 0.29) is 5.69 Å². The van der Waals surface area contributed by atoms with Crippen molar-refractivity contribution < 1.29 is 9.66 Å². The summed E-state index contributed by atoms with van der Waals surface area (Å²) in [7, 11) is 1.65. The third kappa shape index (κ3) is 5.16. The Labute approximate surface area is 158 Å². The van der Waals surface area contributed by atoms with Crippen LogP contribution in [0.2, 0.25) is 0 Å². The van der Waals surface area contributed by atoms with Gasteiger partial charge < -0.3 is 4.74 Å². The number of methoxy groups -OCH3 is 1. The van der Waals surface area contributed by atoms with Crippen LogP contribution in [0.3, 0.4) is 0 Å². The predicted molar refractivity (Wildman–Crippen MR) is 110 cm³/mol. The van der Waals surface area contributed by atoms with Crippen LogP contribution in [0, 0.1) is 10.1 Å². The van der Waals surface area contributed by atoms with Crippen molar-refractivity contribution >= 4 is 30.0 Å². The van der Waals surface area contributed by atoms with Gasteiger partial charge >= 0.3 is 0 Å². The Morgan fingerprint density at radius 3 is 1.70 bits per heavy atom. The molecule has 3 rings (SSSR count). The standard InChI is InChI=1S/C23H19NO3/c1-27-23-15-11-19(12-16-23)6-8-21-4-2-3-20(17-21)7-5-18-9-13-22(14-10-18)24(25)26/h2-17H,1H3. The van der Waals surface area contributed by atoms with Gasteiger partial charge in [0.25, 0.3) is 5.69 Å². The van der Waals surface area contributed by atoms with E-state index in [9.17, 15) is 10.1 Å². The zero-order valence-corrected chi connectivity index (χ0v) is 14.9. The second-order valence-electron chi connectivity index (χ2n) is 5.96. The number of non-ortho nitro benzene ring substituents is 1. The highest BCUT2D eigenvalue weighted by atomic mass is 16.6. The molecule has 3 aromatic rings. The maximum absolute atomic E-state index is 10.7. The van der Waals surface area contributed by atoms with E-state index >= 15 is 0 Å². The average molecular weight is 357 g/mol. The molecule has 0 fully saturated rings. The Balaban J connectivity index is 1.70. The topological polar surface area (TPSA) is 52.4 Å². The molecular weight excluding hydrogens is 338 g/mol. The lowest BCUT2D eigenvalue weighted by molar-refractivity contribution is -0.384. The van der Waals surface area contributed by atoms with E-state index in [2.05, 4.69) is 18.2 Å². The fourth-order valence-electron chi connectivity index (χ4n) is 2.57. The lowest BCUT2D eigenvalue weighted by Gasteiger charge is -2.00. The maximum Gasteiger partial charge on any atom is 0.269 e. The van der Waals surface area contributed by atoms with E-state index in [1.54, 1.807) is 19.2 Å². The van der Waals surface area contributed by atoms with Crippen molar-refractivity contribution in [1.82, 2.24) is 0 Å². The van der Waals surface area contributed by atoms with Gasteiger partial charge in [0.1, 0.15) is 5.75 Å². The second kappa shape index (κ2) is 8.63. The van der Waals surface area contributed by atoms with Gasteiger partial charge in [-0.15, -0.1) is 0 Å². The number of rotatable bonds is 6. The fraction of sp³-hybridized carbons (Fsp3) is 0.0435. The lowest BCUT2D eigenvalue weighted by Crippen LogP contribution is -1.86. The summed E-state index contributed by atoms with van der Waals surface area (Å²) in [6, 6.07) is 22.5. The Hall–Kier alpha value is -3.66. The molecule has 0 spiro atoms. The van der Waals surface area contributed by atoms with Crippen LogP contribution in [-0.2, 0) is 0 Å². The van der Waals surface area contributed by atoms with Gasteiger partial charge in [-0.2, -0.15) is 0 Å². The quantitative estimate of drug-likeness (QED) is 0.311. The third-order valence-corrected chi connectivity index (χ3v) is 4.07. The number of ether oxygens (including phenoxy) is 1. The highest BCUT2D eigenvalue weighted by Gasteiger charge is 2.02. The summed E-state index contributed by atoms with van der Waals surface area (Å²) < 4.78 is 5.16. The van der Waals surface area contributed by atoms with Gasteiger partial charge in [0.15, 0.2) is 0 Å². The van der Waals surface area contributed by atoms with Gasteiger partial charge in [-0.1, -0.05) is 54.6 Å². The first-order chi connectivity index (χ1) is 13.1. The molecule has 0 aliphatic rings. The molecule has 0 atom stereocenters. The largest absolute Gasteiger partial charge is 0.497 e. The van der Waals surface area contributed by atoms with E-state index in [0.29, 0.717) is 0 Å². The van der Waals surface area contributed by atoms with Crippen LogP contribution < -0.4 is 4.74 Å². The Bertz CT molecular complexity index is 971. The van der Waals surface area contributed by atoms with Crippen molar-refractivity contribution in [2.24, 2.45) is 0 Å². The van der Waals surface area contributed by atoms with E-state index in [4.69, 9.17) is 4.74 Å². The maximum atomic E-state index is 10.7. The number of nitrogens with zero attached hydrogens (tertiary/aromatic N) is 1. The molecule has 0 bridgehead atoms. The number of hydrogen-bond donors (Lipinski definition) is 0. The molecule has 4 heteroatoms. The number of nitro groups is 1. The third-order valence-electron chi connectivity index (χ3n) is 4.07. The summed E-state index contributed by atoms with van der Waals surface area (Å²) in [4.78, 5) is 10.3. The van der Waals surface area contributed by atoms with E-state index in [0.717, 1.165) is 28.0 Å². The Kier molecular flexibility index (Phi) is 5.80. The number of hydrogen-bond acceptors (Lipinski definition) is 3. The van der Waals surface area contributed by atoms with Gasteiger partial charge in [0.05, 0.1) is 12.0 Å². The summed E-state index contributed by atoms with van der Waals surface area (Å²) >= 11 is 0. The average Bonchev–Trinajstić information content (AvgIpc) is 2.72. The molecule has 0 aromatic heterocycles. The van der Waals surface area contributed by atoms with E-state index in [1.165, 1.54) is 12.1 Å². The molecule has 0 aliphatic carbocycles. The molecule has 0 heterocycles. The minimum absolute atomic E-state index is 0.0952. The predicted octanol–water partition coefficient (Wildman–Crippen LogP) is 5.94. The van der Waals surface area contributed by atoms with Crippen molar-refractivity contribution in [3.05, 3.63) is 105 Å². The molecule has 0 amide bonds. The van der Waals surface area contributed by atoms with E-state index in [1.807, 2.05) is 54.6 Å². The lowest BCUT2D eigenvalue weighted by atomic mass is 10.1. The van der Waals surface area contributed by atoms with Crippen LogP contribution >= 0.6 is 0 Å². The fourth-order valence-corrected chi connectivity index (χ4v) is 2.57. The van der Waals surface area contributed by atoms with Gasteiger partial charge in [-0.25, -0.2) is 0 Å². The zero-order chi connectivity index (χ0) is 19.1. The minimum Gasteiger partial charge on any atom is -0.497 e. The normalized spacial score (nSPS) is 11.1. The van der Waals surface area contributed by atoms with Crippen molar-refractivity contribution in [3.8, 4) is 5.75 Å². The summed E-state index contributed by atoms with van der Waals surface area (Å²) in [6.45, 7) is 0. The molecule has 134 valence electrons. The van der Waals surface area contributed by atoms with Crippen LogP contribution in [0.25, 0.3) is 24.3 Å². The highest BCUT2D eigenvalue weighted by molar-refractivity contribution is 5.74. The molecule has 0 saturated carbocycles. The smallest absolute Gasteiger partial charge is 0.269 e. The van der Waals surface area contributed by atoms with Crippen LogP contribution in [-0.4, -0.2) is 12.0 Å². The van der Waals surface area contributed by atoms with Crippen molar-refractivity contribution in [2.45, 2.75) is 0 Å². The SMILES string of the molecule is COc1ccc(C=Cc2cccc(C=Cc3ccc([N+](=O)[O-])cc3)c2)cc1. The summed E-state index contributed by atoms with van der Waals surface area (Å²) in [5.41, 5.74) is 4.27. The molecule has 4 nitrogen and oxygen atoms in total. The monoisotopic (exact) mass is 357 g/mol. The van der Waals surface area contributed by atoms with Crippen LogP contribution in [0.15, 0.2) is 72.8 Å². The van der Waals surface area contributed by atoms with Gasteiger partial charge in [0, 0.05) is 12.1 Å². The van der Waals surface area contributed by atoms with Crippen molar-refractivity contribution in [1.29, 1.82) is 0 Å². The molecule has 0 aliphatic heterocycles. The molecule has 0 unspecified atom stereocenters. The first kappa shape index (κ1) is 18.1. The zero-order valence-electron chi connectivity index (χ0n) is 14.9. The molecule has 0 saturated heterocycles. The second-order valence-corrected chi connectivity index (χ2v) is 5.96. The molecule has 27 heavy (non-hydrogen) atoms. The number of benzene rings is 3. The van der Waals surface area contributed by atoms with Crippen molar-refractivity contribution in [3.63, 3.8) is 0 Å². The van der Waals surface area contributed by atoms with Crippen LogP contribution in [0.1, 0.15) is 22.3 Å². The van der Waals surface area contributed by atoms with Gasteiger partial charge in [-0.05, 0) is 52.6 Å². The van der Waals surface area contributed by atoms with Gasteiger partial charge in [-0.3, -0.25) is 10.1 Å². The molecule has 0 N–H and O–H groups in total. The molecular formula is C23H19NO3. The first-order valence-corrected chi connectivity index (χ1v) is 8.49. The van der Waals surface area contributed by atoms with E-state index < -0.39 is 4.92 Å². The number of nitro benzene ring substituents is 1. The molecule has 0 radical (unpaired) electrons. The summed E-state index contributed by atoms with van der Waals surface area (Å²) in [5.74, 6) is 0.838. The van der Waals surface area contributed by atoms with Crippen LogP contribution in [0.5, 0.6) is 5.75 Å². The highest BCUT2D eigenvalue weighted by Crippen LogP contribution is 2.17. The van der Waals surface area contributed by atoms with Gasteiger partial charge in [0.2, 0.25) is 0 Å². The Morgan fingerprint density at radius 2 is 1.22 bits per heavy atom. The minimum atomic E-state index is -0.397. The first-order valence-electron chi connectivity index (χ1n) is 8.49.